The summed E-state index contributed by atoms with van der Waals surface area (Å²) in [5.74, 6) is -1.50. The zero-order chi connectivity index (χ0) is 33.6. The van der Waals surface area contributed by atoms with Crippen molar-refractivity contribution in [1.82, 2.24) is 10.2 Å². The smallest absolute Gasteiger partial charge is 0.408 e. The van der Waals surface area contributed by atoms with E-state index in [9.17, 15) is 19.2 Å². The molecule has 9 heteroatoms. The Morgan fingerprint density at radius 2 is 1.60 bits per heavy atom. The summed E-state index contributed by atoms with van der Waals surface area (Å²) >= 11 is 0. The number of hydrogen-bond donors (Lipinski definition) is 3. The molecule has 0 fully saturated rings. The summed E-state index contributed by atoms with van der Waals surface area (Å²) in [7, 11) is 0. The van der Waals surface area contributed by atoms with E-state index >= 15 is 0 Å². The van der Waals surface area contributed by atoms with Crippen molar-refractivity contribution in [3.05, 3.63) is 71.3 Å². The van der Waals surface area contributed by atoms with E-state index in [0.717, 1.165) is 48.8 Å². The third kappa shape index (κ3) is 12.4. The summed E-state index contributed by atoms with van der Waals surface area (Å²) in [5.41, 5.74) is 8.49. The molecule has 2 aromatic carbocycles. The third-order valence-corrected chi connectivity index (χ3v) is 7.46. The number of nitrogens with zero attached hydrogens (tertiary/aromatic N) is 1. The highest BCUT2D eigenvalue weighted by atomic mass is 16.6. The van der Waals surface area contributed by atoms with Crippen LogP contribution in [-0.4, -0.2) is 46.9 Å². The molecule has 0 bridgehead atoms. The van der Waals surface area contributed by atoms with Crippen LogP contribution >= 0.6 is 0 Å². The lowest BCUT2D eigenvalue weighted by Gasteiger charge is -2.35. The maximum atomic E-state index is 14.5. The van der Waals surface area contributed by atoms with Gasteiger partial charge in [0.05, 0.1) is 0 Å². The number of carbonyl (C=O) groups excluding carboxylic acids is 4. The number of alkyl carbamates (subject to hydrolysis) is 1. The van der Waals surface area contributed by atoms with Gasteiger partial charge in [-0.25, -0.2) is 4.79 Å². The molecule has 2 rings (SSSR count). The highest BCUT2D eigenvalue weighted by molar-refractivity contribution is 6.00. The van der Waals surface area contributed by atoms with Crippen molar-refractivity contribution >= 4 is 35.6 Å². The first kappa shape index (κ1) is 37.0. The molecule has 4 amide bonds. The van der Waals surface area contributed by atoms with E-state index in [1.54, 1.807) is 26.8 Å². The van der Waals surface area contributed by atoms with E-state index in [0.29, 0.717) is 17.7 Å². The normalized spacial score (nSPS) is 12.5. The summed E-state index contributed by atoms with van der Waals surface area (Å²) in [6.07, 6.45) is 6.56. The molecular formula is C36H52N4O5. The van der Waals surface area contributed by atoms with Crippen molar-refractivity contribution in [2.24, 2.45) is 5.73 Å². The van der Waals surface area contributed by atoms with E-state index < -0.39 is 35.6 Å². The molecule has 9 nitrogen and oxygen atoms in total. The van der Waals surface area contributed by atoms with Gasteiger partial charge in [0.15, 0.2) is 0 Å². The Morgan fingerprint density at radius 3 is 2.20 bits per heavy atom. The average Bonchev–Trinajstić information content (AvgIpc) is 2.97. The number of aryl methyl sites for hydroxylation is 2. The van der Waals surface area contributed by atoms with Crippen LogP contribution < -0.4 is 16.4 Å². The van der Waals surface area contributed by atoms with Crippen LogP contribution in [0.15, 0.2) is 49.0 Å². The molecule has 246 valence electrons. The summed E-state index contributed by atoms with van der Waals surface area (Å²) in [4.78, 5) is 55.0. The summed E-state index contributed by atoms with van der Waals surface area (Å²) in [6.45, 7) is 15.3. The Morgan fingerprint density at radius 1 is 0.978 bits per heavy atom. The molecule has 2 atom stereocenters. The zero-order valence-corrected chi connectivity index (χ0v) is 27.9. The van der Waals surface area contributed by atoms with E-state index in [1.165, 1.54) is 4.90 Å². The minimum absolute atomic E-state index is 0.0433. The number of para-hydroxylation sites is 1. The predicted octanol–water partition coefficient (Wildman–Crippen LogP) is 6.97. The Hall–Kier alpha value is -4.14. The van der Waals surface area contributed by atoms with Crippen molar-refractivity contribution in [3.8, 4) is 0 Å². The van der Waals surface area contributed by atoms with Gasteiger partial charge in [-0.2, -0.15) is 0 Å². The molecule has 4 N–H and O–H groups in total. The molecule has 0 saturated carbocycles. The van der Waals surface area contributed by atoms with Crippen LogP contribution in [0, 0.1) is 13.8 Å². The Bertz CT molecular complexity index is 1300. The number of anilines is 1. The number of nitrogens with two attached hydrogens (primary N) is 1. The zero-order valence-electron chi connectivity index (χ0n) is 27.9. The predicted molar refractivity (Wildman–Crippen MR) is 180 cm³/mol. The molecule has 0 aliphatic carbocycles. The number of benzene rings is 2. The third-order valence-electron chi connectivity index (χ3n) is 7.46. The van der Waals surface area contributed by atoms with Gasteiger partial charge in [0.2, 0.25) is 11.8 Å². The van der Waals surface area contributed by atoms with Gasteiger partial charge in [-0.3, -0.25) is 14.4 Å². The molecule has 45 heavy (non-hydrogen) atoms. The van der Waals surface area contributed by atoms with Gasteiger partial charge in [-0.1, -0.05) is 88.1 Å². The Labute approximate surface area is 269 Å². The second-order valence-corrected chi connectivity index (χ2v) is 12.5. The van der Waals surface area contributed by atoms with E-state index in [1.807, 2.05) is 56.3 Å². The Kier molecular flexibility index (Phi) is 14.8. The topological polar surface area (TPSA) is 131 Å². The first-order chi connectivity index (χ1) is 21.3. The maximum absolute atomic E-state index is 14.5. The van der Waals surface area contributed by atoms with Crippen molar-refractivity contribution in [2.45, 2.75) is 111 Å². The van der Waals surface area contributed by atoms with Gasteiger partial charge in [0.1, 0.15) is 17.7 Å². The lowest BCUT2D eigenvalue weighted by Crippen LogP contribution is -2.53. The van der Waals surface area contributed by atoms with Gasteiger partial charge in [0.25, 0.3) is 5.91 Å². The molecule has 2 unspecified atom stereocenters. The number of amides is 4. The van der Waals surface area contributed by atoms with Crippen molar-refractivity contribution in [3.63, 3.8) is 0 Å². The molecule has 0 heterocycles. The lowest BCUT2D eigenvalue weighted by atomic mass is 9.98. The fourth-order valence-electron chi connectivity index (χ4n) is 5.16. The quantitative estimate of drug-likeness (QED) is 0.164. The lowest BCUT2D eigenvalue weighted by molar-refractivity contribution is -0.141. The highest BCUT2D eigenvalue weighted by Crippen LogP contribution is 2.29. The van der Waals surface area contributed by atoms with Gasteiger partial charge in [-0.15, -0.1) is 0 Å². The van der Waals surface area contributed by atoms with Crippen LogP contribution in [-0.2, 0) is 19.1 Å². The average molecular weight is 621 g/mol. The molecule has 0 aromatic heterocycles. The number of unbranched alkanes of at least 4 members (excludes halogenated alkanes) is 5. The first-order valence-corrected chi connectivity index (χ1v) is 15.9. The molecule has 0 aliphatic heterocycles. The minimum Gasteiger partial charge on any atom is -0.444 e. The first-order valence-electron chi connectivity index (χ1n) is 15.9. The van der Waals surface area contributed by atoms with Crippen molar-refractivity contribution in [1.29, 1.82) is 0 Å². The molecule has 0 radical (unpaired) electrons. The number of ether oxygens (including phenoxy) is 1. The number of nitrogens with one attached hydrogen (secondary N) is 2. The summed E-state index contributed by atoms with van der Waals surface area (Å²) < 4.78 is 5.44. The number of hydrogen-bond acceptors (Lipinski definition) is 5. The SMILES string of the molecule is C=Cc1cccc(C(C(=O)Nc2c(C)cccc2C)N(CCCCCCCC)C(=O)C(CCC(N)=O)NC(=O)OC(C)(C)C)c1. The van der Waals surface area contributed by atoms with Crippen LogP contribution in [0.25, 0.3) is 6.08 Å². The number of rotatable bonds is 17. The number of carbonyl (C=O) groups is 4. The summed E-state index contributed by atoms with van der Waals surface area (Å²) in [6, 6.07) is 10.9. The van der Waals surface area contributed by atoms with Crippen LogP contribution in [0.1, 0.15) is 107 Å². The fourth-order valence-corrected chi connectivity index (χ4v) is 5.16. The molecule has 0 saturated heterocycles. The van der Waals surface area contributed by atoms with Gasteiger partial charge < -0.3 is 26.0 Å². The van der Waals surface area contributed by atoms with Gasteiger partial charge in [-0.05, 0) is 75.8 Å². The van der Waals surface area contributed by atoms with Crippen LogP contribution in [0.2, 0.25) is 0 Å². The second-order valence-electron chi connectivity index (χ2n) is 12.5. The van der Waals surface area contributed by atoms with Gasteiger partial charge in [0, 0.05) is 18.7 Å². The van der Waals surface area contributed by atoms with E-state index in [4.69, 9.17) is 10.5 Å². The molecule has 2 aromatic rings. The van der Waals surface area contributed by atoms with Crippen LogP contribution in [0.4, 0.5) is 10.5 Å². The van der Waals surface area contributed by atoms with Crippen LogP contribution in [0.3, 0.4) is 0 Å². The van der Waals surface area contributed by atoms with E-state index in [-0.39, 0.29) is 25.3 Å². The standard InChI is InChI=1S/C36H52N4O5/c1-8-10-11-12-13-14-23-40(34(43)29(21-22-30(37)41)38-35(44)45-36(5,6)7)32(28-20-16-19-27(9-2)24-28)33(42)39-31-25(3)17-15-18-26(31)4/h9,15-20,24,29,32H,2,8,10-14,21-23H2,1,3-7H3,(H2,37,41)(H,38,44)(H,39,42). The fraction of sp³-hybridized carbons (Fsp3) is 0.500. The van der Waals surface area contributed by atoms with Crippen molar-refractivity contribution in [2.75, 3.05) is 11.9 Å². The summed E-state index contributed by atoms with van der Waals surface area (Å²) in [5, 5.41) is 5.74. The van der Waals surface area contributed by atoms with Gasteiger partial charge >= 0.3 is 6.09 Å². The minimum atomic E-state index is -1.15. The van der Waals surface area contributed by atoms with E-state index in [2.05, 4.69) is 24.1 Å². The van der Waals surface area contributed by atoms with Crippen molar-refractivity contribution < 1.29 is 23.9 Å². The van der Waals surface area contributed by atoms with Crippen LogP contribution in [0.5, 0.6) is 0 Å². The number of primary amides is 1. The highest BCUT2D eigenvalue weighted by Gasteiger charge is 2.36. The second kappa shape index (κ2) is 18.0. The maximum Gasteiger partial charge on any atom is 0.408 e. The Balaban J connectivity index is 2.61. The molecule has 0 spiro atoms. The largest absolute Gasteiger partial charge is 0.444 e. The molecule has 0 aliphatic rings. The monoisotopic (exact) mass is 620 g/mol. The molecular weight excluding hydrogens is 568 g/mol.